The number of amidine groups is 1. The molecule has 0 saturated heterocycles. The number of anilines is 1. The number of carbonyl (C=O) groups is 2. The van der Waals surface area contributed by atoms with Crippen molar-refractivity contribution >= 4 is 45.9 Å². The maximum Gasteiger partial charge on any atom is 0.270 e. The second-order valence-corrected chi connectivity index (χ2v) is 8.85. The number of benzene rings is 2. The number of alkyl halides is 1. The number of nitrogens with zero attached hydrogens (tertiary/aromatic N) is 1. The quantitative estimate of drug-likeness (QED) is 0.0473. The number of nitrogens with two attached hydrogens (primary N) is 1. The van der Waals surface area contributed by atoms with Gasteiger partial charge in [0.25, 0.3) is 11.8 Å². The van der Waals surface area contributed by atoms with Gasteiger partial charge in [0.05, 0.1) is 0 Å². The number of rotatable bonds is 13. The van der Waals surface area contributed by atoms with Gasteiger partial charge in [-0.15, -0.1) is 0 Å². The Morgan fingerprint density at radius 2 is 1.72 bits per heavy atom. The normalized spacial score (nSPS) is 11.0. The lowest BCUT2D eigenvalue weighted by Crippen LogP contribution is -2.45. The van der Waals surface area contributed by atoms with Crippen molar-refractivity contribution in [2.45, 2.75) is 10.5 Å². The molecular formula is C28H29IN6O4. The third-order valence-electron chi connectivity index (χ3n) is 5.37. The van der Waals surface area contributed by atoms with Crippen molar-refractivity contribution in [1.29, 1.82) is 5.41 Å². The molecule has 6 N–H and O–H groups in total. The Hall–Kier alpha value is -4.39. The van der Waals surface area contributed by atoms with Gasteiger partial charge in [0, 0.05) is 33.6 Å². The number of ether oxygens (including phenoxy) is 2. The summed E-state index contributed by atoms with van der Waals surface area (Å²) >= 11 is 2.14. The third-order valence-corrected chi connectivity index (χ3v) is 6.20. The standard InChI is InChI=1S/C28H29IN6O4/c1-3-13-38-23-10-7-19(15-24(23)39-14-4-2)25(33-21-8-5-18(6-9-21)26(30)31)28(37)35-34-27(36)22-11-12-32-17-20(22)16-29/h3-12,15,17,25,33H,1-2,13-14,16H2,(H3,30,31)(H,34,36)(H,35,37). The smallest absolute Gasteiger partial charge is 0.270 e. The summed E-state index contributed by atoms with van der Waals surface area (Å²) in [5, 5.41) is 10.8. The number of amides is 2. The Bertz CT molecular complexity index is 1350. The van der Waals surface area contributed by atoms with Crippen molar-refractivity contribution < 1.29 is 19.1 Å². The van der Waals surface area contributed by atoms with Crippen LogP contribution in [-0.4, -0.2) is 35.8 Å². The second kappa shape index (κ2) is 14.5. The molecule has 2 aromatic carbocycles. The third kappa shape index (κ3) is 8.04. The van der Waals surface area contributed by atoms with E-state index in [1.165, 1.54) is 6.20 Å². The molecule has 0 aliphatic rings. The molecule has 11 heteroatoms. The second-order valence-electron chi connectivity index (χ2n) is 8.08. The van der Waals surface area contributed by atoms with Crippen molar-refractivity contribution in [1.82, 2.24) is 15.8 Å². The number of nitrogen functional groups attached to an aromatic ring is 1. The van der Waals surface area contributed by atoms with Crippen LogP contribution >= 0.6 is 22.6 Å². The van der Waals surface area contributed by atoms with Crippen molar-refractivity contribution in [3.8, 4) is 11.5 Å². The molecular weight excluding hydrogens is 611 g/mol. The van der Waals surface area contributed by atoms with Crippen LogP contribution in [0.1, 0.15) is 33.1 Å². The van der Waals surface area contributed by atoms with Crippen LogP contribution in [0.25, 0.3) is 0 Å². The van der Waals surface area contributed by atoms with Gasteiger partial charge >= 0.3 is 0 Å². The zero-order valence-corrected chi connectivity index (χ0v) is 23.2. The van der Waals surface area contributed by atoms with Gasteiger partial charge in [-0.1, -0.05) is 54.0 Å². The average molecular weight is 640 g/mol. The van der Waals surface area contributed by atoms with E-state index in [0.717, 1.165) is 5.56 Å². The zero-order valence-electron chi connectivity index (χ0n) is 21.1. The Balaban J connectivity index is 1.90. The van der Waals surface area contributed by atoms with Crippen molar-refractivity contribution in [2.75, 3.05) is 18.5 Å². The van der Waals surface area contributed by atoms with Gasteiger partial charge in [0.2, 0.25) is 0 Å². The van der Waals surface area contributed by atoms with Gasteiger partial charge in [0.1, 0.15) is 25.1 Å². The van der Waals surface area contributed by atoms with Crippen LogP contribution < -0.4 is 31.4 Å². The molecule has 1 aromatic heterocycles. The van der Waals surface area contributed by atoms with E-state index in [1.807, 2.05) is 0 Å². The van der Waals surface area contributed by atoms with Crippen molar-refractivity contribution in [2.24, 2.45) is 5.73 Å². The number of hydrazine groups is 1. The number of halogens is 1. The van der Waals surface area contributed by atoms with E-state index in [-0.39, 0.29) is 19.0 Å². The van der Waals surface area contributed by atoms with Crippen molar-refractivity contribution in [3.05, 3.63) is 108 Å². The molecule has 1 unspecified atom stereocenters. The van der Waals surface area contributed by atoms with Gasteiger partial charge < -0.3 is 20.5 Å². The molecule has 3 rings (SSSR count). The highest BCUT2D eigenvalue weighted by Gasteiger charge is 2.24. The molecule has 1 atom stereocenters. The van der Waals surface area contributed by atoms with Crippen LogP contribution in [0, 0.1) is 5.41 Å². The van der Waals surface area contributed by atoms with Gasteiger partial charge in [0.15, 0.2) is 11.5 Å². The number of carbonyl (C=O) groups excluding carboxylic acids is 2. The summed E-state index contributed by atoms with van der Waals surface area (Å²) in [6.45, 7) is 7.84. The van der Waals surface area contributed by atoms with E-state index in [0.29, 0.717) is 38.3 Å². The summed E-state index contributed by atoms with van der Waals surface area (Å²) in [6.07, 6.45) is 6.34. The van der Waals surface area contributed by atoms with Crippen LogP contribution in [0.3, 0.4) is 0 Å². The Labute approximate surface area is 240 Å². The molecule has 0 bridgehead atoms. The van der Waals surface area contributed by atoms with Crippen LogP contribution in [0.4, 0.5) is 5.69 Å². The first-order chi connectivity index (χ1) is 18.9. The first-order valence-electron chi connectivity index (χ1n) is 11.8. The van der Waals surface area contributed by atoms with E-state index in [2.05, 4.69) is 56.9 Å². The fourth-order valence-electron chi connectivity index (χ4n) is 3.46. The summed E-state index contributed by atoms with van der Waals surface area (Å²) in [5.74, 6) is -0.181. The van der Waals surface area contributed by atoms with E-state index in [9.17, 15) is 9.59 Å². The minimum atomic E-state index is -0.950. The Kier molecular flexibility index (Phi) is 10.9. The molecule has 0 fully saturated rings. The van der Waals surface area contributed by atoms with Gasteiger partial charge in [-0.25, -0.2) is 0 Å². The van der Waals surface area contributed by atoms with Gasteiger partial charge in [-0.05, 0) is 53.6 Å². The molecule has 0 aliphatic carbocycles. The van der Waals surface area contributed by atoms with E-state index in [4.69, 9.17) is 20.6 Å². The molecule has 202 valence electrons. The van der Waals surface area contributed by atoms with Crippen LogP contribution in [0.2, 0.25) is 0 Å². The number of nitrogens with one attached hydrogen (secondary N) is 4. The number of pyridine rings is 1. The molecule has 39 heavy (non-hydrogen) atoms. The van der Waals surface area contributed by atoms with Crippen LogP contribution in [-0.2, 0) is 9.22 Å². The van der Waals surface area contributed by atoms with Crippen LogP contribution in [0.15, 0.2) is 86.2 Å². The minimum Gasteiger partial charge on any atom is -0.486 e. The molecule has 3 aromatic rings. The molecule has 2 amide bonds. The zero-order chi connectivity index (χ0) is 28.2. The summed E-state index contributed by atoms with van der Waals surface area (Å²) in [5.41, 5.74) is 13.4. The fraction of sp³-hybridized carbons (Fsp3) is 0.143. The largest absolute Gasteiger partial charge is 0.486 e. The summed E-state index contributed by atoms with van der Waals surface area (Å²) in [4.78, 5) is 30.3. The average Bonchev–Trinajstić information content (AvgIpc) is 2.96. The molecule has 0 aliphatic heterocycles. The number of hydrogen-bond acceptors (Lipinski definition) is 7. The predicted molar refractivity (Wildman–Crippen MR) is 159 cm³/mol. The first kappa shape index (κ1) is 29.2. The molecule has 0 radical (unpaired) electrons. The summed E-state index contributed by atoms with van der Waals surface area (Å²) < 4.78 is 12.0. The minimum absolute atomic E-state index is 0.0698. The Morgan fingerprint density at radius 1 is 1.03 bits per heavy atom. The monoisotopic (exact) mass is 640 g/mol. The molecule has 10 nitrogen and oxygen atoms in total. The van der Waals surface area contributed by atoms with Gasteiger partial charge in [-0.3, -0.25) is 30.8 Å². The maximum atomic E-state index is 13.4. The maximum absolute atomic E-state index is 13.4. The number of hydrogen-bond donors (Lipinski definition) is 5. The molecule has 0 spiro atoms. The van der Waals surface area contributed by atoms with E-state index < -0.39 is 17.9 Å². The summed E-state index contributed by atoms with van der Waals surface area (Å²) in [7, 11) is 0. The Morgan fingerprint density at radius 3 is 2.36 bits per heavy atom. The predicted octanol–water partition coefficient (Wildman–Crippen LogP) is 4.04. The summed E-state index contributed by atoms with van der Waals surface area (Å²) in [6, 6.07) is 12.5. The number of aromatic nitrogens is 1. The first-order valence-corrected chi connectivity index (χ1v) is 13.3. The van der Waals surface area contributed by atoms with Gasteiger partial charge in [-0.2, -0.15) is 0 Å². The van der Waals surface area contributed by atoms with Crippen LogP contribution in [0.5, 0.6) is 11.5 Å². The SMILES string of the molecule is C=CCOc1ccc(C(Nc2ccc(C(=N)N)cc2)C(=O)NNC(=O)c2ccncc2CI)cc1OCC=C. The molecule has 1 heterocycles. The lowest BCUT2D eigenvalue weighted by molar-refractivity contribution is -0.122. The lowest BCUT2D eigenvalue weighted by atomic mass is 10.0. The highest BCUT2D eigenvalue weighted by molar-refractivity contribution is 14.1. The van der Waals surface area contributed by atoms with E-state index >= 15 is 0 Å². The fourth-order valence-corrected chi connectivity index (χ4v) is 4.07. The molecule has 0 saturated carbocycles. The van der Waals surface area contributed by atoms with E-state index in [1.54, 1.807) is 66.9 Å². The lowest BCUT2D eigenvalue weighted by Gasteiger charge is -2.22. The highest BCUT2D eigenvalue weighted by Crippen LogP contribution is 2.32. The highest BCUT2D eigenvalue weighted by atomic mass is 127. The topological polar surface area (TPSA) is 151 Å². The van der Waals surface area contributed by atoms with Crippen molar-refractivity contribution in [3.63, 3.8) is 0 Å².